The first-order valence-electron chi connectivity index (χ1n) is 8.76. The van der Waals surface area contributed by atoms with Crippen molar-refractivity contribution in [3.05, 3.63) is 45.5 Å². The van der Waals surface area contributed by atoms with Crippen molar-refractivity contribution >= 4 is 37.5 Å². The highest BCUT2D eigenvalue weighted by Crippen LogP contribution is 2.22. The monoisotopic (exact) mass is 422 g/mol. The van der Waals surface area contributed by atoms with Crippen LogP contribution in [0.25, 0.3) is 10.2 Å². The third kappa shape index (κ3) is 3.25. The van der Waals surface area contributed by atoms with Gasteiger partial charge in [0.2, 0.25) is 5.09 Å². The molecule has 0 aromatic carbocycles. The molecular weight excluding hydrogens is 404 g/mol. The predicted molar refractivity (Wildman–Crippen MR) is 104 cm³/mol. The van der Waals surface area contributed by atoms with E-state index in [-0.39, 0.29) is 10.9 Å². The maximum absolute atomic E-state index is 12.6. The topological polar surface area (TPSA) is 115 Å². The molecule has 1 fully saturated rings. The summed E-state index contributed by atoms with van der Waals surface area (Å²) in [6.07, 6.45) is 2.59. The second kappa shape index (κ2) is 7.15. The highest BCUT2D eigenvalue weighted by atomic mass is 32.2. The number of piperidine rings is 1. The van der Waals surface area contributed by atoms with E-state index >= 15 is 0 Å². The first-order chi connectivity index (χ1) is 13.4. The van der Waals surface area contributed by atoms with Gasteiger partial charge in [-0.3, -0.25) is 15.0 Å². The van der Waals surface area contributed by atoms with Crippen LogP contribution in [-0.4, -0.2) is 41.4 Å². The number of thiophene rings is 1. The van der Waals surface area contributed by atoms with Gasteiger partial charge in [-0.05, 0) is 43.3 Å². The number of sulfonamides is 1. The van der Waals surface area contributed by atoms with Crippen LogP contribution in [0.3, 0.4) is 0 Å². The standard InChI is InChI=1S/C17H18N4O5S2/c1-11-18-16-12(7-10-27-16)17(23)21(11)19-15(22)13-5-6-14(26-13)28(24,25)20-8-3-2-4-9-20/h5-7,10H,2-4,8-9H2,1H3,(H,19,22). The van der Waals surface area contributed by atoms with Gasteiger partial charge in [-0.15, -0.1) is 11.3 Å². The van der Waals surface area contributed by atoms with Crippen LogP contribution in [0.4, 0.5) is 0 Å². The minimum Gasteiger partial charge on any atom is -0.438 e. The van der Waals surface area contributed by atoms with E-state index in [1.165, 1.54) is 27.8 Å². The Labute approximate surface area is 164 Å². The second-order valence-corrected chi connectivity index (χ2v) is 9.23. The summed E-state index contributed by atoms with van der Waals surface area (Å²) in [5.41, 5.74) is 2.01. The average Bonchev–Trinajstić information content (AvgIpc) is 3.35. The van der Waals surface area contributed by atoms with Gasteiger partial charge >= 0.3 is 5.91 Å². The number of hydrogen-bond donors (Lipinski definition) is 1. The Kier molecular flexibility index (Phi) is 4.81. The smallest absolute Gasteiger partial charge is 0.305 e. The molecule has 9 nitrogen and oxygen atoms in total. The molecule has 0 bridgehead atoms. The van der Waals surface area contributed by atoms with Gasteiger partial charge in [0.15, 0.2) is 5.76 Å². The summed E-state index contributed by atoms with van der Waals surface area (Å²) in [6.45, 7) is 2.46. The van der Waals surface area contributed by atoms with Crippen molar-refractivity contribution in [1.29, 1.82) is 0 Å². The van der Waals surface area contributed by atoms with Crippen LogP contribution in [0.2, 0.25) is 0 Å². The molecule has 3 aromatic rings. The summed E-state index contributed by atoms with van der Waals surface area (Å²) in [6, 6.07) is 4.17. The first kappa shape index (κ1) is 18.8. The highest BCUT2D eigenvalue weighted by Gasteiger charge is 2.29. The van der Waals surface area contributed by atoms with Crippen LogP contribution < -0.4 is 11.0 Å². The van der Waals surface area contributed by atoms with Crippen LogP contribution >= 0.6 is 11.3 Å². The van der Waals surface area contributed by atoms with Crippen molar-refractivity contribution in [2.24, 2.45) is 0 Å². The Balaban J connectivity index is 1.59. The van der Waals surface area contributed by atoms with E-state index in [1.54, 1.807) is 18.4 Å². The molecule has 0 saturated carbocycles. The van der Waals surface area contributed by atoms with Crippen LogP contribution in [0.5, 0.6) is 0 Å². The van der Waals surface area contributed by atoms with Gasteiger partial charge in [0.05, 0.1) is 5.39 Å². The van der Waals surface area contributed by atoms with Crippen molar-refractivity contribution in [2.45, 2.75) is 31.3 Å². The van der Waals surface area contributed by atoms with Crippen molar-refractivity contribution in [2.75, 3.05) is 18.5 Å². The molecule has 4 rings (SSSR count). The highest BCUT2D eigenvalue weighted by molar-refractivity contribution is 7.89. The maximum atomic E-state index is 12.6. The normalized spacial score (nSPS) is 15.8. The van der Waals surface area contributed by atoms with Crippen LogP contribution in [0, 0.1) is 6.92 Å². The Morgan fingerprint density at radius 2 is 1.96 bits per heavy atom. The van der Waals surface area contributed by atoms with Crippen LogP contribution in [0.1, 0.15) is 35.6 Å². The molecule has 148 valence electrons. The lowest BCUT2D eigenvalue weighted by Crippen LogP contribution is -2.35. The summed E-state index contributed by atoms with van der Waals surface area (Å²) >= 11 is 1.33. The number of furan rings is 1. The lowest BCUT2D eigenvalue weighted by molar-refractivity contribution is 0.0974. The Bertz CT molecular complexity index is 1200. The molecule has 1 saturated heterocycles. The number of hydrogen-bond acceptors (Lipinski definition) is 7. The molecule has 0 unspecified atom stereocenters. The number of carbonyl (C=O) groups is 1. The van der Waals surface area contributed by atoms with Gasteiger partial charge in [0, 0.05) is 13.1 Å². The zero-order valence-corrected chi connectivity index (χ0v) is 16.7. The molecule has 1 aliphatic heterocycles. The van der Waals surface area contributed by atoms with Gasteiger partial charge in [0.1, 0.15) is 10.7 Å². The van der Waals surface area contributed by atoms with Crippen molar-refractivity contribution in [3.8, 4) is 0 Å². The fourth-order valence-corrected chi connectivity index (χ4v) is 5.35. The summed E-state index contributed by atoms with van der Waals surface area (Å²) in [4.78, 5) is 29.9. The molecule has 4 heterocycles. The van der Waals surface area contributed by atoms with Gasteiger partial charge in [-0.1, -0.05) is 6.42 Å². The summed E-state index contributed by atoms with van der Waals surface area (Å²) in [5.74, 6) is -0.630. The quantitative estimate of drug-likeness (QED) is 0.687. The summed E-state index contributed by atoms with van der Waals surface area (Å²) < 4.78 is 33.0. The number of aromatic nitrogens is 2. The Hall–Kier alpha value is -2.50. The third-order valence-electron chi connectivity index (χ3n) is 4.59. The van der Waals surface area contributed by atoms with Crippen molar-refractivity contribution in [1.82, 2.24) is 14.0 Å². The second-order valence-electron chi connectivity index (χ2n) is 6.46. The zero-order valence-electron chi connectivity index (χ0n) is 15.0. The van der Waals surface area contributed by atoms with E-state index in [9.17, 15) is 18.0 Å². The number of rotatable bonds is 4. The number of nitrogens with zero attached hydrogens (tertiary/aromatic N) is 3. The lowest BCUT2D eigenvalue weighted by atomic mass is 10.2. The predicted octanol–water partition coefficient (Wildman–Crippen LogP) is 1.92. The Morgan fingerprint density at radius 1 is 1.21 bits per heavy atom. The van der Waals surface area contributed by atoms with Crippen LogP contribution in [0.15, 0.2) is 37.9 Å². The zero-order chi connectivity index (χ0) is 19.9. The molecule has 0 radical (unpaired) electrons. The number of amides is 1. The first-order valence-corrected chi connectivity index (χ1v) is 11.1. The van der Waals surface area contributed by atoms with E-state index in [4.69, 9.17) is 4.42 Å². The largest absolute Gasteiger partial charge is 0.438 e. The molecule has 0 aliphatic carbocycles. The van der Waals surface area contributed by atoms with Crippen LogP contribution in [-0.2, 0) is 10.0 Å². The maximum Gasteiger partial charge on any atom is 0.305 e. The van der Waals surface area contributed by atoms with E-state index < -0.39 is 21.5 Å². The fraction of sp³-hybridized carbons (Fsp3) is 0.353. The molecule has 0 spiro atoms. The Morgan fingerprint density at radius 3 is 2.71 bits per heavy atom. The van der Waals surface area contributed by atoms with E-state index in [2.05, 4.69) is 10.4 Å². The van der Waals surface area contributed by atoms with Crippen molar-refractivity contribution in [3.63, 3.8) is 0 Å². The molecule has 1 amide bonds. The minimum atomic E-state index is -3.78. The summed E-state index contributed by atoms with van der Waals surface area (Å²) in [5, 5.41) is 1.85. The van der Waals surface area contributed by atoms with E-state index in [1.807, 2.05) is 0 Å². The molecule has 1 aliphatic rings. The van der Waals surface area contributed by atoms with Gasteiger partial charge in [0.25, 0.3) is 15.6 Å². The minimum absolute atomic E-state index is 0.202. The fourth-order valence-electron chi connectivity index (χ4n) is 3.12. The van der Waals surface area contributed by atoms with Gasteiger partial charge in [-0.2, -0.15) is 4.31 Å². The molecular formula is C17H18N4O5S2. The van der Waals surface area contributed by atoms with E-state index in [0.29, 0.717) is 29.1 Å². The number of fused-ring (bicyclic) bond motifs is 1. The number of carbonyl (C=O) groups excluding carboxylic acids is 1. The lowest BCUT2D eigenvalue weighted by Gasteiger charge is -2.24. The molecule has 28 heavy (non-hydrogen) atoms. The molecule has 3 aromatic heterocycles. The molecule has 1 N–H and O–H groups in total. The third-order valence-corrected chi connectivity index (χ3v) is 7.17. The van der Waals surface area contributed by atoms with Gasteiger partial charge < -0.3 is 4.42 Å². The summed E-state index contributed by atoms with van der Waals surface area (Å²) in [7, 11) is -3.78. The SMILES string of the molecule is Cc1nc2sccc2c(=O)n1NC(=O)c1ccc(S(=O)(=O)N2CCCCC2)o1. The number of aryl methyl sites for hydroxylation is 1. The average molecular weight is 422 g/mol. The van der Waals surface area contributed by atoms with Gasteiger partial charge in [-0.25, -0.2) is 18.1 Å². The van der Waals surface area contributed by atoms with Crippen molar-refractivity contribution < 1.29 is 17.6 Å². The number of nitrogens with one attached hydrogen (secondary N) is 1. The van der Waals surface area contributed by atoms with E-state index in [0.717, 1.165) is 23.9 Å². The molecule has 0 atom stereocenters. The molecule has 11 heteroatoms.